The van der Waals surface area contributed by atoms with Crippen molar-refractivity contribution in [2.24, 2.45) is 5.41 Å². The molecular formula is C16H16ClN5O2. The molecule has 0 atom stereocenters. The molecule has 0 saturated carbocycles. The summed E-state index contributed by atoms with van der Waals surface area (Å²) in [4.78, 5) is 30.9. The number of H-pyrrole nitrogens is 1. The number of anilines is 1. The number of carbonyl (C=O) groups is 1. The number of carbonyl (C=O) groups excluding carboxylic acids is 1. The van der Waals surface area contributed by atoms with Crippen LogP contribution in [0.25, 0.3) is 17.2 Å². The number of nitrogens with one attached hydrogen (secondary N) is 2. The Morgan fingerprint density at radius 1 is 1.25 bits per heavy atom. The summed E-state index contributed by atoms with van der Waals surface area (Å²) in [7, 11) is 0. The molecule has 3 aromatic rings. The molecule has 1 amide bonds. The Kier molecular flexibility index (Phi) is 3.88. The molecule has 0 radical (unpaired) electrons. The van der Waals surface area contributed by atoms with E-state index in [2.05, 4.69) is 20.4 Å². The van der Waals surface area contributed by atoms with E-state index in [9.17, 15) is 9.59 Å². The summed E-state index contributed by atoms with van der Waals surface area (Å²) in [6, 6.07) is 8.30. The average molecular weight is 346 g/mol. The van der Waals surface area contributed by atoms with Crippen LogP contribution in [0.5, 0.6) is 0 Å². The van der Waals surface area contributed by atoms with E-state index in [0.717, 1.165) is 5.56 Å². The van der Waals surface area contributed by atoms with Crippen molar-refractivity contribution in [2.75, 3.05) is 5.32 Å². The van der Waals surface area contributed by atoms with Crippen molar-refractivity contribution in [3.63, 3.8) is 0 Å². The first-order chi connectivity index (χ1) is 11.2. The monoisotopic (exact) mass is 345 g/mol. The van der Waals surface area contributed by atoms with Gasteiger partial charge >= 0.3 is 0 Å². The van der Waals surface area contributed by atoms with Crippen LogP contribution in [0.3, 0.4) is 0 Å². The first-order valence-electron chi connectivity index (χ1n) is 7.31. The van der Waals surface area contributed by atoms with Gasteiger partial charge in [0.2, 0.25) is 11.7 Å². The number of fused-ring (bicyclic) bond motifs is 1. The number of aromatic amines is 1. The lowest BCUT2D eigenvalue weighted by Crippen LogP contribution is -2.29. The van der Waals surface area contributed by atoms with Gasteiger partial charge < -0.3 is 5.32 Å². The first kappa shape index (κ1) is 16.2. The van der Waals surface area contributed by atoms with E-state index >= 15 is 0 Å². The largest absolute Gasteiger partial charge is 0.310 e. The molecular weight excluding hydrogens is 330 g/mol. The second-order valence-corrected chi connectivity index (χ2v) is 6.84. The van der Waals surface area contributed by atoms with Gasteiger partial charge in [0.15, 0.2) is 5.82 Å². The van der Waals surface area contributed by atoms with Gasteiger partial charge in [-0.3, -0.25) is 14.6 Å². The van der Waals surface area contributed by atoms with Crippen LogP contribution >= 0.6 is 11.6 Å². The maximum absolute atomic E-state index is 12.2. The van der Waals surface area contributed by atoms with Crippen LogP contribution in [0.1, 0.15) is 20.8 Å². The van der Waals surface area contributed by atoms with Gasteiger partial charge in [-0.05, 0) is 24.3 Å². The maximum atomic E-state index is 12.2. The van der Waals surface area contributed by atoms with E-state index in [1.165, 1.54) is 10.6 Å². The van der Waals surface area contributed by atoms with Crippen molar-refractivity contribution in [1.29, 1.82) is 0 Å². The fourth-order valence-corrected chi connectivity index (χ4v) is 2.13. The molecule has 124 valence electrons. The summed E-state index contributed by atoms with van der Waals surface area (Å²) >= 11 is 5.88. The number of aromatic nitrogens is 4. The van der Waals surface area contributed by atoms with E-state index in [-0.39, 0.29) is 23.1 Å². The van der Waals surface area contributed by atoms with Crippen LogP contribution in [-0.4, -0.2) is 25.5 Å². The predicted molar refractivity (Wildman–Crippen MR) is 92.1 cm³/mol. The van der Waals surface area contributed by atoms with E-state index < -0.39 is 5.41 Å². The van der Waals surface area contributed by atoms with Crippen molar-refractivity contribution in [1.82, 2.24) is 19.6 Å². The van der Waals surface area contributed by atoms with Crippen molar-refractivity contribution >= 4 is 29.1 Å². The van der Waals surface area contributed by atoms with Gasteiger partial charge in [0.1, 0.15) is 5.82 Å². The number of halogens is 1. The Labute approximate surface area is 142 Å². The molecule has 0 aliphatic heterocycles. The number of amides is 1. The highest BCUT2D eigenvalue weighted by Gasteiger charge is 2.23. The van der Waals surface area contributed by atoms with Crippen molar-refractivity contribution in [3.05, 3.63) is 45.7 Å². The zero-order valence-electron chi connectivity index (χ0n) is 13.4. The third-order valence-corrected chi connectivity index (χ3v) is 3.62. The summed E-state index contributed by atoms with van der Waals surface area (Å²) in [6.07, 6.45) is 0. The second kappa shape index (κ2) is 5.76. The molecule has 0 spiro atoms. The average Bonchev–Trinajstić information content (AvgIpc) is 2.90. The third kappa shape index (κ3) is 3.16. The van der Waals surface area contributed by atoms with Gasteiger partial charge in [-0.25, -0.2) is 0 Å². The van der Waals surface area contributed by atoms with Gasteiger partial charge in [0.05, 0.1) is 0 Å². The van der Waals surface area contributed by atoms with Crippen molar-refractivity contribution in [2.45, 2.75) is 20.8 Å². The summed E-state index contributed by atoms with van der Waals surface area (Å²) < 4.78 is 1.40. The van der Waals surface area contributed by atoms with E-state index in [1.807, 2.05) is 0 Å². The Morgan fingerprint density at radius 2 is 1.92 bits per heavy atom. The number of benzene rings is 1. The lowest BCUT2D eigenvalue weighted by Gasteiger charge is -2.17. The van der Waals surface area contributed by atoms with Gasteiger partial charge in [-0.2, -0.15) is 9.50 Å². The van der Waals surface area contributed by atoms with Gasteiger partial charge in [-0.15, -0.1) is 5.10 Å². The zero-order valence-corrected chi connectivity index (χ0v) is 14.2. The second-order valence-electron chi connectivity index (χ2n) is 6.40. The van der Waals surface area contributed by atoms with Crippen molar-refractivity contribution < 1.29 is 4.79 Å². The van der Waals surface area contributed by atoms with Gasteiger partial charge in [0.25, 0.3) is 5.56 Å². The highest BCUT2D eigenvalue weighted by Crippen LogP contribution is 2.20. The molecule has 7 nitrogen and oxygen atoms in total. The molecule has 3 rings (SSSR count). The molecule has 8 heteroatoms. The van der Waals surface area contributed by atoms with Crippen LogP contribution in [0.15, 0.2) is 35.1 Å². The topological polar surface area (TPSA) is 92.1 Å². The lowest BCUT2D eigenvalue weighted by molar-refractivity contribution is -0.123. The van der Waals surface area contributed by atoms with Crippen molar-refractivity contribution in [3.8, 4) is 11.4 Å². The zero-order chi connectivity index (χ0) is 17.5. The SMILES string of the molecule is CC(C)(C)C(=O)Nc1cc(=O)[nH]c2nc(-c3ccc(Cl)cc3)nn12. The molecule has 0 saturated heterocycles. The smallest absolute Gasteiger partial charge is 0.254 e. The molecule has 0 bridgehead atoms. The van der Waals surface area contributed by atoms with Gasteiger partial charge in [-0.1, -0.05) is 32.4 Å². The Morgan fingerprint density at radius 3 is 2.54 bits per heavy atom. The molecule has 0 fully saturated rings. The van der Waals surface area contributed by atoms with Crippen LogP contribution in [-0.2, 0) is 4.79 Å². The minimum absolute atomic E-state index is 0.224. The van der Waals surface area contributed by atoms with Crippen LogP contribution < -0.4 is 10.9 Å². The minimum Gasteiger partial charge on any atom is -0.310 e. The van der Waals surface area contributed by atoms with Crippen LogP contribution in [0.4, 0.5) is 5.82 Å². The summed E-state index contributed by atoms with van der Waals surface area (Å²) in [5.41, 5.74) is -0.229. The molecule has 0 unspecified atom stereocenters. The molecule has 2 aromatic heterocycles. The standard InChI is InChI=1S/C16H16ClN5O2/c1-16(2,3)14(24)18-11-8-12(23)19-15-20-13(21-22(11)15)9-4-6-10(17)7-5-9/h4-8H,1-3H3,(H,18,24)(H,19,20,21,23). The molecule has 0 aliphatic carbocycles. The number of hydrogen-bond donors (Lipinski definition) is 2. The molecule has 0 aliphatic rings. The predicted octanol–water partition coefficient (Wildman–Crippen LogP) is 2.72. The van der Waals surface area contributed by atoms with E-state index in [0.29, 0.717) is 10.8 Å². The van der Waals surface area contributed by atoms with Crippen LogP contribution in [0, 0.1) is 5.41 Å². The molecule has 2 heterocycles. The normalized spacial score (nSPS) is 11.7. The summed E-state index contributed by atoms with van der Waals surface area (Å²) in [5.74, 6) is 0.704. The Bertz CT molecular complexity index is 967. The first-order valence-corrected chi connectivity index (χ1v) is 7.69. The highest BCUT2D eigenvalue weighted by molar-refractivity contribution is 6.30. The number of rotatable bonds is 2. The van der Waals surface area contributed by atoms with Gasteiger partial charge in [0, 0.05) is 22.1 Å². The summed E-state index contributed by atoms with van der Waals surface area (Å²) in [5, 5.41) is 7.69. The maximum Gasteiger partial charge on any atom is 0.254 e. The summed E-state index contributed by atoms with van der Waals surface area (Å²) in [6.45, 7) is 5.35. The number of hydrogen-bond acceptors (Lipinski definition) is 4. The van der Waals surface area contributed by atoms with E-state index in [1.54, 1.807) is 45.0 Å². The Balaban J connectivity index is 2.09. The fraction of sp³-hybridized carbons (Fsp3) is 0.250. The highest BCUT2D eigenvalue weighted by atomic mass is 35.5. The molecule has 1 aromatic carbocycles. The third-order valence-electron chi connectivity index (χ3n) is 3.36. The fourth-order valence-electron chi connectivity index (χ4n) is 2.01. The van der Waals surface area contributed by atoms with E-state index in [4.69, 9.17) is 11.6 Å². The molecule has 24 heavy (non-hydrogen) atoms. The molecule has 2 N–H and O–H groups in total. The Hall–Kier alpha value is -2.67. The lowest BCUT2D eigenvalue weighted by atomic mass is 9.96. The quantitative estimate of drug-likeness (QED) is 0.747. The van der Waals surface area contributed by atoms with Crippen LogP contribution in [0.2, 0.25) is 5.02 Å². The number of nitrogens with zero attached hydrogens (tertiary/aromatic N) is 3. The minimum atomic E-state index is -0.603.